The summed E-state index contributed by atoms with van der Waals surface area (Å²) in [7, 11) is 0. The Labute approximate surface area is 134 Å². The van der Waals surface area contributed by atoms with E-state index in [2.05, 4.69) is 36.9 Å². The van der Waals surface area contributed by atoms with Crippen molar-refractivity contribution in [1.82, 2.24) is 4.90 Å². The molecule has 4 heteroatoms. The summed E-state index contributed by atoms with van der Waals surface area (Å²) in [6.07, 6.45) is 3.26. The maximum atomic E-state index is 8.76. The quantitative estimate of drug-likeness (QED) is 0.750. The Morgan fingerprint density at radius 3 is 2.68 bits per heavy atom. The fraction of sp³-hybridized carbons (Fsp3) is 0.667. The van der Waals surface area contributed by atoms with Gasteiger partial charge in [-0.3, -0.25) is 4.90 Å². The van der Waals surface area contributed by atoms with E-state index in [4.69, 9.17) is 14.6 Å². The number of hydrogen-bond acceptors (Lipinski definition) is 4. The van der Waals surface area contributed by atoms with Crippen LogP contribution < -0.4 is 4.74 Å². The van der Waals surface area contributed by atoms with Gasteiger partial charge in [-0.05, 0) is 50.3 Å². The molecule has 2 rings (SSSR count). The molecule has 0 atom stereocenters. The van der Waals surface area contributed by atoms with Gasteiger partial charge >= 0.3 is 0 Å². The van der Waals surface area contributed by atoms with Crippen molar-refractivity contribution in [2.75, 3.05) is 39.5 Å². The van der Waals surface area contributed by atoms with Crippen molar-refractivity contribution in [2.45, 2.75) is 39.2 Å². The van der Waals surface area contributed by atoms with E-state index in [9.17, 15) is 0 Å². The van der Waals surface area contributed by atoms with Gasteiger partial charge in [0.1, 0.15) is 12.4 Å². The highest BCUT2D eigenvalue weighted by molar-refractivity contribution is 5.35. The summed E-state index contributed by atoms with van der Waals surface area (Å²) >= 11 is 0. The van der Waals surface area contributed by atoms with Crippen LogP contribution in [0.25, 0.3) is 0 Å². The molecule has 22 heavy (non-hydrogen) atoms. The molecule has 0 radical (unpaired) electrons. The highest BCUT2D eigenvalue weighted by atomic mass is 16.5. The summed E-state index contributed by atoms with van der Waals surface area (Å²) in [6, 6.07) is 6.33. The van der Waals surface area contributed by atoms with Crippen LogP contribution in [0.1, 0.15) is 30.4 Å². The van der Waals surface area contributed by atoms with Gasteiger partial charge in [-0.15, -0.1) is 0 Å². The zero-order chi connectivity index (χ0) is 15.8. The summed E-state index contributed by atoms with van der Waals surface area (Å²) in [5.41, 5.74) is 2.43. The SMILES string of the molecule is Cc1ccc(C)c(OCCN2CCC(OCCCO)CC2)c1. The number of aliphatic hydroxyl groups is 1. The molecule has 0 spiro atoms. The van der Waals surface area contributed by atoms with Gasteiger partial charge in [0.2, 0.25) is 0 Å². The lowest BCUT2D eigenvalue weighted by Gasteiger charge is -2.31. The summed E-state index contributed by atoms with van der Waals surface area (Å²) in [5, 5.41) is 8.76. The molecule has 1 aliphatic rings. The Morgan fingerprint density at radius 1 is 1.18 bits per heavy atom. The molecule has 1 aromatic carbocycles. The highest BCUT2D eigenvalue weighted by Crippen LogP contribution is 2.19. The van der Waals surface area contributed by atoms with Gasteiger partial charge in [0, 0.05) is 32.8 Å². The number of benzene rings is 1. The number of aliphatic hydroxyl groups excluding tert-OH is 1. The Hall–Kier alpha value is -1.10. The largest absolute Gasteiger partial charge is 0.492 e. The molecule has 1 fully saturated rings. The van der Waals surface area contributed by atoms with Crippen LogP contribution in [0.4, 0.5) is 0 Å². The van der Waals surface area contributed by atoms with Crippen LogP contribution in [0.3, 0.4) is 0 Å². The standard InChI is InChI=1S/C18H29NO3/c1-15-4-5-16(2)18(14-15)22-13-10-19-8-6-17(7-9-19)21-12-3-11-20/h4-5,14,17,20H,3,6-13H2,1-2H3. The lowest BCUT2D eigenvalue weighted by atomic mass is 10.1. The molecular formula is C18H29NO3. The molecule has 0 bridgehead atoms. The minimum Gasteiger partial charge on any atom is -0.492 e. The first-order valence-electron chi connectivity index (χ1n) is 8.34. The van der Waals surface area contributed by atoms with Gasteiger partial charge in [-0.2, -0.15) is 0 Å². The first-order valence-corrected chi connectivity index (χ1v) is 8.34. The fourth-order valence-corrected chi connectivity index (χ4v) is 2.76. The highest BCUT2D eigenvalue weighted by Gasteiger charge is 2.19. The second-order valence-electron chi connectivity index (χ2n) is 6.11. The Balaban J connectivity index is 1.63. The Bertz CT molecular complexity index is 442. The third-order valence-corrected chi connectivity index (χ3v) is 4.20. The number of piperidine rings is 1. The fourth-order valence-electron chi connectivity index (χ4n) is 2.76. The predicted molar refractivity (Wildman–Crippen MR) is 88.5 cm³/mol. The average Bonchev–Trinajstić information content (AvgIpc) is 2.52. The molecule has 0 aliphatic carbocycles. The van der Waals surface area contributed by atoms with E-state index in [1.807, 2.05) is 0 Å². The number of rotatable bonds is 8. The van der Waals surface area contributed by atoms with Gasteiger partial charge in [-0.1, -0.05) is 12.1 Å². The molecule has 1 N–H and O–H groups in total. The van der Waals surface area contributed by atoms with Crippen LogP contribution in [0.2, 0.25) is 0 Å². The Kier molecular flexibility index (Phi) is 7.16. The van der Waals surface area contributed by atoms with Gasteiger partial charge in [0.05, 0.1) is 6.10 Å². The minimum absolute atomic E-state index is 0.217. The van der Waals surface area contributed by atoms with E-state index < -0.39 is 0 Å². The van der Waals surface area contributed by atoms with E-state index in [1.54, 1.807) is 0 Å². The lowest BCUT2D eigenvalue weighted by Crippen LogP contribution is -2.39. The second-order valence-corrected chi connectivity index (χ2v) is 6.11. The van der Waals surface area contributed by atoms with Gasteiger partial charge < -0.3 is 14.6 Å². The molecule has 0 aromatic heterocycles. The molecule has 4 nitrogen and oxygen atoms in total. The van der Waals surface area contributed by atoms with E-state index in [-0.39, 0.29) is 6.61 Å². The van der Waals surface area contributed by atoms with Crippen molar-refractivity contribution in [1.29, 1.82) is 0 Å². The lowest BCUT2D eigenvalue weighted by molar-refractivity contribution is 0.000397. The summed E-state index contributed by atoms with van der Waals surface area (Å²) < 4.78 is 11.7. The first kappa shape index (κ1) is 17.3. The Morgan fingerprint density at radius 2 is 1.95 bits per heavy atom. The normalized spacial score (nSPS) is 16.9. The van der Waals surface area contributed by atoms with Crippen molar-refractivity contribution >= 4 is 0 Å². The van der Waals surface area contributed by atoms with Gasteiger partial charge in [0.25, 0.3) is 0 Å². The zero-order valence-corrected chi connectivity index (χ0v) is 13.9. The maximum absolute atomic E-state index is 8.76. The third-order valence-electron chi connectivity index (χ3n) is 4.20. The average molecular weight is 307 g/mol. The predicted octanol–water partition coefficient (Wildman–Crippen LogP) is 2.55. The maximum Gasteiger partial charge on any atom is 0.122 e. The van der Waals surface area contributed by atoms with Crippen LogP contribution in [-0.4, -0.2) is 55.6 Å². The summed E-state index contributed by atoms with van der Waals surface area (Å²) in [6.45, 7) is 8.92. The molecule has 1 saturated heterocycles. The van der Waals surface area contributed by atoms with E-state index in [0.717, 1.165) is 51.3 Å². The van der Waals surface area contributed by atoms with Crippen molar-refractivity contribution in [3.63, 3.8) is 0 Å². The number of ether oxygens (including phenoxy) is 2. The number of aryl methyl sites for hydroxylation is 2. The summed E-state index contributed by atoms with van der Waals surface area (Å²) in [5.74, 6) is 1.00. The van der Waals surface area contributed by atoms with Crippen LogP contribution in [0, 0.1) is 13.8 Å². The van der Waals surface area contributed by atoms with E-state index >= 15 is 0 Å². The molecule has 0 amide bonds. The van der Waals surface area contributed by atoms with Crippen molar-refractivity contribution in [3.05, 3.63) is 29.3 Å². The molecule has 0 saturated carbocycles. The van der Waals surface area contributed by atoms with Gasteiger partial charge in [-0.25, -0.2) is 0 Å². The third kappa shape index (κ3) is 5.59. The smallest absolute Gasteiger partial charge is 0.122 e. The van der Waals surface area contributed by atoms with E-state index in [1.165, 1.54) is 11.1 Å². The number of hydrogen-bond donors (Lipinski definition) is 1. The first-order chi connectivity index (χ1) is 10.7. The summed E-state index contributed by atoms with van der Waals surface area (Å²) in [4.78, 5) is 2.44. The van der Waals surface area contributed by atoms with Crippen LogP contribution >= 0.6 is 0 Å². The second kappa shape index (κ2) is 9.13. The minimum atomic E-state index is 0.217. The zero-order valence-electron chi connectivity index (χ0n) is 13.9. The molecule has 0 unspecified atom stereocenters. The van der Waals surface area contributed by atoms with Crippen molar-refractivity contribution < 1.29 is 14.6 Å². The topological polar surface area (TPSA) is 41.9 Å². The van der Waals surface area contributed by atoms with Crippen molar-refractivity contribution in [3.8, 4) is 5.75 Å². The molecule has 1 aliphatic heterocycles. The molecule has 1 aromatic rings. The van der Waals surface area contributed by atoms with Crippen molar-refractivity contribution in [2.24, 2.45) is 0 Å². The number of nitrogens with zero attached hydrogens (tertiary/aromatic N) is 1. The van der Waals surface area contributed by atoms with Crippen LogP contribution in [0.5, 0.6) is 5.75 Å². The molecule has 124 valence electrons. The van der Waals surface area contributed by atoms with E-state index in [0.29, 0.717) is 12.7 Å². The van der Waals surface area contributed by atoms with Crippen LogP contribution in [-0.2, 0) is 4.74 Å². The number of likely N-dealkylation sites (tertiary alicyclic amines) is 1. The van der Waals surface area contributed by atoms with Gasteiger partial charge in [0.15, 0.2) is 0 Å². The molecular weight excluding hydrogens is 278 g/mol. The monoisotopic (exact) mass is 307 g/mol. The van der Waals surface area contributed by atoms with Crippen LogP contribution in [0.15, 0.2) is 18.2 Å². The molecule has 1 heterocycles.